The first kappa shape index (κ1) is 18.9. The van der Waals surface area contributed by atoms with E-state index in [9.17, 15) is 8.42 Å². The van der Waals surface area contributed by atoms with Crippen molar-refractivity contribution in [3.63, 3.8) is 0 Å². The molecule has 24 heavy (non-hydrogen) atoms. The quantitative estimate of drug-likeness (QED) is 0.858. The number of aryl methyl sites for hydroxylation is 1. The van der Waals surface area contributed by atoms with Crippen LogP contribution in [-0.2, 0) is 16.9 Å². The second-order valence-electron chi connectivity index (χ2n) is 5.78. The summed E-state index contributed by atoms with van der Waals surface area (Å²) in [5.74, 6) is 1.09. The van der Waals surface area contributed by atoms with E-state index in [1.165, 1.54) is 0 Å². The summed E-state index contributed by atoms with van der Waals surface area (Å²) in [5, 5.41) is 3.36. The number of sulfone groups is 1. The van der Waals surface area contributed by atoms with E-state index >= 15 is 0 Å². The Morgan fingerprint density at radius 1 is 1.29 bits per heavy atom. The maximum Gasteiger partial charge on any atom is 0.179 e. The van der Waals surface area contributed by atoms with Crippen molar-refractivity contribution in [1.29, 1.82) is 0 Å². The van der Waals surface area contributed by atoms with Gasteiger partial charge in [0.1, 0.15) is 5.82 Å². The van der Waals surface area contributed by atoms with Crippen molar-refractivity contribution in [1.82, 2.24) is 19.8 Å². The van der Waals surface area contributed by atoms with Crippen LogP contribution >= 0.6 is 12.4 Å². The molecule has 132 valence electrons. The molecule has 6 nitrogen and oxygen atoms in total. The number of piperazine rings is 1. The van der Waals surface area contributed by atoms with Crippen LogP contribution in [-0.4, -0.2) is 54.8 Å². The lowest BCUT2D eigenvalue weighted by Crippen LogP contribution is -2.48. The van der Waals surface area contributed by atoms with Gasteiger partial charge < -0.3 is 9.88 Å². The highest BCUT2D eigenvalue weighted by molar-refractivity contribution is 7.91. The number of benzene rings is 1. The molecule has 2 heterocycles. The normalized spacial score (nSPS) is 19.0. The van der Waals surface area contributed by atoms with Crippen molar-refractivity contribution in [2.75, 3.05) is 31.9 Å². The Kier molecular flexibility index (Phi) is 6.40. The van der Waals surface area contributed by atoms with Crippen LogP contribution < -0.4 is 5.32 Å². The first-order chi connectivity index (χ1) is 11.1. The minimum Gasteiger partial charge on any atom is -0.337 e. The van der Waals surface area contributed by atoms with Gasteiger partial charge in [0.15, 0.2) is 9.84 Å². The van der Waals surface area contributed by atoms with Crippen LogP contribution in [0.25, 0.3) is 0 Å². The number of aromatic nitrogens is 2. The summed E-state index contributed by atoms with van der Waals surface area (Å²) in [6.45, 7) is 2.99. The lowest BCUT2D eigenvalue weighted by atomic mass is 10.2. The van der Waals surface area contributed by atoms with Crippen LogP contribution in [0, 0.1) is 0 Å². The number of nitrogens with one attached hydrogen (secondary N) is 1. The molecular weight excluding hydrogens is 348 g/mol. The minimum atomic E-state index is -3.25. The molecule has 0 amide bonds. The second-order valence-corrected chi connectivity index (χ2v) is 7.89. The van der Waals surface area contributed by atoms with Crippen LogP contribution in [0.5, 0.6) is 0 Å². The van der Waals surface area contributed by atoms with Gasteiger partial charge in [0.25, 0.3) is 0 Å². The Balaban J connectivity index is 0.00000208. The van der Waals surface area contributed by atoms with Crippen molar-refractivity contribution >= 4 is 22.2 Å². The molecular formula is C16H23ClN4O2S. The molecule has 1 atom stereocenters. The third-order valence-electron chi connectivity index (χ3n) is 4.26. The molecule has 1 aliphatic heterocycles. The minimum absolute atomic E-state index is 0. The number of imidazole rings is 1. The molecule has 0 spiro atoms. The highest BCUT2D eigenvalue weighted by Gasteiger charge is 2.28. The van der Waals surface area contributed by atoms with Crippen molar-refractivity contribution in [2.24, 2.45) is 7.05 Å². The van der Waals surface area contributed by atoms with Crippen LogP contribution in [0.2, 0.25) is 0 Å². The molecule has 8 heteroatoms. The van der Waals surface area contributed by atoms with Crippen LogP contribution in [0.4, 0.5) is 0 Å². The molecule has 1 saturated heterocycles. The van der Waals surface area contributed by atoms with E-state index in [-0.39, 0.29) is 24.2 Å². The highest BCUT2D eigenvalue weighted by Crippen LogP contribution is 2.21. The number of hydrogen-bond acceptors (Lipinski definition) is 5. The highest BCUT2D eigenvalue weighted by atomic mass is 35.5. The zero-order valence-electron chi connectivity index (χ0n) is 13.6. The van der Waals surface area contributed by atoms with Gasteiger partial charge in [-0.2, -0.15) is 0 Å². The number of rotatable bonds is 5. The molecule has 0 radical (unpaired) electrons. The maximum absolute atomic E-state index is 12.5. The van der Waals surface area contributed by atoms with Gasteiger partial charge in [0, 0.05) is 45.6 Å². The second kappa shape index (κ2) is 8.11. The topological polar surface area (TPSA) is 67.2 Å². The molecule has 0 saturated carbocycles. The molecule has 1 unspecified atom stereocenters. The molecule has 1 aliphatic rings. The van der Waals surface area contributed by atoms with Crippen molar-refractivity contribution in [3.8, 4) is 0 Å². The lowest BCUT2D eigenvalue weighted by Gasteiger charge is -2.35. The fraction of sp³-hybridized carbons (Fsp3) is 0.438. The average molecular weight is 371 g/mol. The van der Waals surface area contributed by atoms with Crippen LogP contribution in [0.15, 0.2) is 47.6 Å². The van der Waals surface area contributed by atoms with Gasteiger partial charge in [0.05, 0.1) is 16.7 Å². The van der Waals surface area contributed by atoms with Crippen molar-refractivity contribution < 1.29 is 8.42 Å². The Morgan fingerprint density at radius 3 is 2.71 bits per heavy atom. The van der Waals surface area contributed by atoms with Gasteiger partial charge in [-0.3, -0.25) is 4.90 Å². The van der Waals surface area contributed by atoms with E-state index in [4.69, 9.17) is 0 Å². The van der Waals surface area contributed by atoms with Gasteiger partial charge >= 0.3 is 0 Å². The van der Waals surface area contributed by atoms with E-state index in [0.29, 0.717) is 11.4 Å². The summed E-state index contributed by atoms with van der Waals surface area (Å²) < 4.78 is 26.9. The van der Waals surface area contributed by atoms with Crippen molar-refractivity contribution in [3.05, 3.63) is 48.5 Å². The van der Waals surface area contributed by atoms with Crippen LogP contribution in [0.1, 0.15) is 11.9 Å². The largest absolute Gasteiger partial charge is 0.337 e. The van der Waals surface area contributed by atoms with E-state index in [1.54, 1.807) is 30.5 Å². The smallest absolute Gasteiger partial charge is 0.179 e. The first-order valence-electron chi connectivity index (χ1n) is 7.78. The Labute approximate surface area is 149 Å². The van der Waals surface area contributed by atoms with Crippen LogP contribution in [0.3, 0.4) is 0 Å². The van der Waals surface area contributed by atoms with Gasteiger partial charge in [-0.15, -0.1) is 12.4 Å². The van der Waals surface area contributed by atoms with Gasteiger partial charge in [-0.25, -0.2) is 13.4 Å². The molecule has 1 fully saturated rings. The number of hydrogen-bond donors (Lipinski definition) is 1. The Morgan fingerprint density at radius 2 is 2.04 bits per heavy atom. The fourth-order valence-corrected chi connectivity index (χ4v) is 4.23. The van der Waals surface area contributed by atoms with E-state index in [0.717, 1.165) is 25.5 Å². The first-order valence-corrected chi connectivity index (χ1v) is 9.43. The van der Waals surface area contributed by atoms with E-state index in [1.807, 2.05) is 23.9 Å². The summed E-state index contributed by atoms with van der Waals surface area (Å²) in [7, 11) is -1.28. The molecule has 1 aromatic carbocycles. The predicted octanol–water partition coefficient (Wildman–Crippen LogP) is 1.26. The van der Waals surface area contributed by atoms with E-state index in [2.05, 4.69) is 15.2 Å². The Bertz CT molecular complexity index is 748. The zero-order valence-corrected chi connectivity index (χ0v) is 15.3. The molecule has 2 aromatic rings. The third-order valence-corrected chi connectivity index (χ3v) is 5.97. The number of halogens is 1. The predicted molar refractivity (Wildman–Crippen MR) is 96.1 cm³/mol. The summed E-state index contributed by atoms with van der Waals surface area (Å²) in [4.78, 5) is 7.02. The fourth-order valence-electron chi connectivity index (χ4n) is 2.95. The maximum atomic E-state index is 12.5. The zero-order chi connectivity index (χ0) is 16.3. The molecule has 0 aliphatic carbocycles. The van der Waals surface area contributed by atoms with Gasteiger partial charge in [0.2, 0.25) is 0 Å². The van der Waals surface area contributed by atoms with Gasteiger partial charge in [-0.1, -0.05) is 18.2 Å². The molecule has 1 N–H and O–H groups in total. The SMILES string of the molecule is Cl.Cn1ccnc1C1CNCCN1CCS(=O)(=O)c1ccccc1. The molecule has 3 rings (SSSR count). The van der Waals surface area contributed by atoms with Gasteiger partial charge in [-0.05, 0) is 12.1 Å². The third kappa shape index (κ3) is 4.16. The average Bonchev–Trinajstić information content (AvgIpc) is 3.00. The standard InChI is InChI=1S/C16H22N4O2S.ClH/c1-19-9-8-18-16(19)15-13-17-7-10-20(15)11-12-23(21,22)14-5-3-2-4-6-14;/h2-6,8-9,15,17H,7,10-13H2,1H3;1H. The monoisotopic (exact) mass is 370 g/mol. The summed E-state index contributed by atoms with van der Waals surface area (Å²) in [5.41, 5.74) is 0. The lowest BCUT2D eigenvalue weighted by molar-refractivity contribution is 0.162. The molecule has 0 bridgehead atoms. The van der Waals surface area contributed by atoms with Crippen molar-refractivity contribution in [2.45, 2.75) is 10.9 Å². The summed E-state index contributed by atoms with van der Waals surface area (Å²) in [6.07, 6.45) is 3.70. The summed E-state index contributed by atoms with van der Waals surface area (Å²) >= 11 is 0. The molecule has 1 aromatic heterocycles. The van der Waals surface area contributed by atoms with E-state index < -0.39 is 9.84 Å². The number of nitrogens with zero attached hydrogens (tertiary/aromatic N) is 3. The summed E-state index contributed by atoms with van der Waals surface area (Å²) in [6, 6.07) is 8.76. The Hall–Kier alpha value is -1.41.